The van der Waals surface area contributed by atoms with Crippen molar-refractivity contribution in [1.82, 2.24) is 16.0 Å². The van der Waals surface area contributed by atoms with Gasteiger partial charge in [-0.05, 0) is 17.7 Å². The zero-order valence-electron chi connectivity index (χ0n) is 13.8. The highest BCUT2D eigenvalue weighted by molar-refractivity contribution is 5.97. The van der Waals surface area contributed by atoms with Crippen molar-refractivity contribution in [2.24, 2.45) is 5.92 Å². The SMILES string of the molecule is Cl.O=C(NC(C(=O)NCC1CNC1)c1ccccc1)c1ccccc1. The Labute approximate surface area is 153 Å². The Morgan fingerprint density at radius 2 is 1.60 bits per heavy atom. The van der Waals surface area contributed by atoms with E-state index in [4.69, 9.17) is 0 Å². The van der Waals surface area contributed by atoms with Crippen molar-refractivity contribution < 1.29 is 9.59 Å². The van der Waals surface area contributed by atoms with Crippen molar-refractivity contribution >= 4 is 24.2 Å². The van der Waals surface area contributed by atoms with Crippen LogP contribution in [0, 0.1) is 5.92 Å². The van der Waals surface area contributed by atoms with Crippen molar-refractivity contribution in [2.45, 2.75) is 6.04 Å². The third kappa shape index (κ3) is 5.05. The van der Waals surface area contributed by atoms with Crippen molar-refractivity contribution in [3.05, 3.63) is 71.8 Å². The number of benzene rings is 2. The van der Waals surface area contributed by atoms with Crippen LogP contribution in [0.1, 0.15) is 22.0 Å². The highest BCUT2D eigenvalue weighted by Gasteiger charge is 2.25. The van der Waals surface area contributed by atoms with Gasteiger partial charge < -0.3 is 16.0 Å². The molecular formula is C19H22ClN3O2. The summed E-state index contributed by atoms with van der Waals surface area (Å²) in [6.45, 7) is 2.47. The third-order valence-corrected chi connectivity index (χ3v) is 4.14. The number of nitrogens with one attached hydrogen (secondary N) is 3. The highest BCUT2D eigenvalue weighted by atomic mass is 35.5. The third-order valence-electron chi connectivity index (χ3n) is 4.14. The molecule has 1 fully saturated rings. The maximum Gasteiger partial charge on any atom is 0.252 e. The Morgan fingerprint density at radius 3 is 2.16 bits per heavy atom. The van der Waals surface area contributed by atoms with Gasteiger partial charge in [0.2, 0.25) is 5.91 Å². The van der Waals surface area contributed by atoms with Crippen molar-refractivity contribution in [3.63, 3.8) is 0 Å². The first-order chi connectivity index (χ1) is 11.7. The predicted octanol–water partition coefficient (Wildman–Crippen LogP) is 1.92. The Hall–Kier alpha value is -2.37. The molecule has 0 spiro atoms. The number of amides is 2. The summed E-state index contributed by atoms with van der Waals surface area (Å²) in [4.78, 5) is 25.0. The average Bonchev–Trinajstić information content (AvgIpc) is 2.59. The van der Waals surface area contributed by atoms with E-state index < -0.39 is 6.04 Å². The fourth-order valence-electron chi connectivity index (χ4n) is 2.59. The van der Waals surface area contributed by atoms with Gasteiger partial charge in [-0.15, -0.1) is 12.4 Å². The smallest absolute Gasteiger partial charge is 0.252 e. The number of hydrogen-bond donors (Lipinski definition) is 3. The van der Waals surface area contributed by atoms with Crippen LogP contribution in [0.5, 0.6) is 0 Å². The van der Waals surface area contributed by atoms with E-state index in [9.17, 15) is 9.59 Å². The van der Waals surface area contributed by atoms with Gasteiger partial charge in [-0.25, -0.2) is 0 Å². The first-order valence-corrected chi connectivity index (χ1v) is 8.13. The molecule has 1 saturated heterocycles. The van der Waals surface area contributed by atoms with Crippen LogP contribution in [0.4, 0.5) is 0 Å². The van der Waals surface area contributed by atoms with Gasteiger partial charge >= 0.3 is 0 Å². The monoisotopic (exact) mass is 359 g/mol. The summed E-state index contributed by atoms with van der Waals surface area (Å²) in [5, 5.41) is 8.97. The van der Waals surface area contributed by atoms with Crippen LogP contribution in [0.15, 0.2) is 60.7 Å². The molecule has 3 rings (SSSR count). The minimum atomic E-state index is -0.702. The molecule has 0 aliphatic carbocycles. The highest BCUT2D eigenvalue weighted by Crippen LogP contribution is 2.14. The van der Waals surface area contributed by atoms with Crippen LogP contribution in [0.3, 0.4) is 0 Å². The predicted molar refractivity (Wildman–Crippen MR) is 99.7 cm³/mol. The molecule has 0 bridgehead atoms. The molecule has 0 radical (unpaired) electrons. The fraction of sp³-hybridized carbons (Fsp3) is 0.263. The quantitative estimate of drug-likeness (QED) is 0.738. The van der Waals surface area contributed by atoms with Crippen molar-refractivity contribution in [3.8, 4) is 0 Å². The van der Waals surface area contributed by atoms with Crippen molar-refractivity contribution in [2.75, 3.05) is 19.6 Å². The molecule has 2 aromatic rings. The van der Waals surface area contributed by atoms with Gasteiger partial charge in [0.25, 0.3) is 5.91 Å². The lowest BCUT2D eigenvalue weighted by atomic mass is 10.0. The number of halogens is 1. The molecule has 1 atom stereocenters. The van der Waals surface area contributed by atoms with Crippen LogP contribution < -0.4 is 16.0 Å². The molecule has 5 nitrogen and oxygen atoms in total. The molecule has 2 aromatic carbocycles. The molecule has 0 aromatic heterocycles. The summed E-state index contributed by atoms with van der Waals surface area (Å²) >= 11 is 0. The lowest BCUT2D eigenvalue weighted by Gasteiger charge is -2.28. The largest absolute Gasteiger partial charge is 0.354 e. The Morgan fingerprint density at radius 1 is 1.00 bits per heavy atom. The van der Waals surface area contributed by atoms with E-state index in [0.717, 1.165) is 18.7 Å². The second-order valence-corrected chi connectivity index (χ2v) is 5.95. The summed E-state index contributed by atoms with van der Waals surface area (Å²) in [5.41, 5.74) is 1.31. The summed E-state index contributed by atoms with van der Waals surface area (Å²) in [6, 6.07) is 17.5. The minimum Gasteiger partial charge on any atom is -0.354 e. The van der Waals surface area contributed by atoms with Gasteiger partial charge in [0, 0.05) is 31.1 Å². The number of carbonyl (C=O) groups excluding carboxylic acids is 2. The van der Waals surface area contributed by atoms with E-state index in [-0.39, 0.29) is 24.2 Å². The van der Waals surface area contributed by atoms with Gasteiger partial charge in [-0.3, -0.25) is 9.59 Å². The first kappa shape index (κ1) is 19.0. The number of rotatable bonds is 6. The van der Waals surface area contributed by atoms with E-state index in [0.29, 0.717) is 18.0 Å². The van der Waals surface area contributed by atoms with Gasteiger partial charge in [-0.1, -0.05) is 48.5 Å². The van der Waals surface area contributed by atoms with Gasteiger partial charge in [-0.2, -0.15) is 0 Å². The van der Waals surface area contributed by atoms with Crippen molar-refractivity contribution in [1.29, 1.82) is 0 Å². The lowest BCUT2D eigenvalue weighted by molar-refractivity contribution is -0.123. The molecule has 1 unspecified atom stereocenters. The Balaban J connectivity index is 0.00000225. The second kappa shape index (κ2) is 9.20. The fourth-order valence-corrected chi connectivity index (χ4v) is 2.59. The maximum atomic E-state index is 12.6. The van der Waals surface area contributed by atoms with Gasteiger partial charge in [0.15, 0.2) is 0 Å². The van der Waals surface area contributed by atoms with Crippen LogP contribution in [0.25, 0.3) is 0 Å². The average molecular weight is 360 g/mol. The molecule has 3 N–H and O–H groups in total. The summed E-state index contributed by atoms with van der Waals surface area (Å²) in [6.07, 6.45) is 0. The topological polar surface area (TPSA) is 70.2 Å². The maximum absolute atomic E-state index is 12.6. The summed E-state index contributed by atoms with van der Waals surface area (Å²) in [5.74, 6) is 0.0255. The normalized spacial score (nSPS) is 14.6. The van der Waals surface area contributed by atoms with Gasteiger partial charge in [0.1, 0.15) is 6.04 Å². The second-order valence-electron chi connectivity index (χ2n) is 5.95. The molecular weight excluding hydrogens is 338 g/mol. The van der Waals surface area contributed by atoms with Crippen LogP contribution >= 0.6 is 12.4 Å². The van der Waals surface area contributed by atoms with Crippen LogP contribution in [-0.4, -0.2) is 31.4 Å². The van der Waals surface area contributed by atoms with E-state index in [1.165, 1.54) is 0 Å². The van der Waals surface area contributed by atoms with E-state index in [1.54, 1.807) is 24.3 Å². The summed E-state index contributed by atoms with van der Waals surface area (Å²) in [7, 11) is 0. The molecule has 2 amide bonds. The molecule has 1 heterocycles. The molecule has 0 saturated carbocycles. The van der Waals surface area contributed by atoms with Crippen LogP contribution in [0.2, 0.25) is 0 Å². The van der Waals surface area contributed by atoms with E-state index >= 15 is 0 Å². The first-order valence-electron chi connectivity index (χ1n) is 8.13. The summed E-state index contributed by atoms with van der Waals surface area (Å²) < 4.78 is 0. The van der Waals surface area contributed by atoms with E-state index in [1.807, 2.05) is 36.4 Å². The Kier molecular flexibility index (Phi) is 6.98. The minimum absolute atomic E-state index is 0. The standard InChI is InChI=1S/C19H21N3O2.ClH/c23-18(16-9-5-2-6-10-16)22-17(15-7-3-1-4-8-15)19(24)21-13-14-11-20-12-14;/h1-10,14,17,20H,11-13H2,(H,21,24)(H,22,23);1H. The molecule has 6 heteroatoms. The number of hydrogen-bond acceptors (Lipinski definition) is 3. The molecule has 1 aliphatic rings. The lowest BCUT2D eigenvalue weighted by Crippen LogP contribution is -2.50. The van der Waals surface area contributed by atoms with Crippen LogP contribution in [-0.2, 0) is 4.79 Å². The molecule has 25 heavy (non-hydrogen) atoms. The zero-order valence-corrected chi connectivity index (χ0v) is 14.6. The Bertz CT molecular complexity index is 690. The van der Waals surface area contributed by atoms with E-state index in [2.05, 4.69) is 16.0 Å². The van der Waals surface area contributed by atoms with Gasteiger partial charge in [0.05, 0.1) is 0 Å². The molecule has 132 valence electrons. The number of carbonyl (C=O) groups is 2. The molecule has 1 aliphatic heterocycles. The zero-order chi connectivity index (χ0) is 16.8.